The highest BCUT2D eigenvalue weighted by Crippen LogP contribution is 2.37. The molecule has 0 bridgehead atoms. The zero-order valence-electron chi connectivity index (χ0n) is 20.2. The molecule has 5 nitrogen and oxygen atoms in total. The molecule has 1 aliphatic rings. The number of aryl methyl sites for hydroxylation is 1. The van der Waals surface area contributed by atoms with Crippen LogP contribution in [0.5, 0.6) is 0 Å². The molecule has 1 N–H and O–H groups in total. The molecule has 2 aromatic carbocycles. The van der Waals surface area contributed by atoms with Crippen LogP contribution in [0.4, 0.5) is 0 Å². The Bertz CT molecular complexity index is 910. The summed E-state index contributed by atoms with van der Waals surface area (Å²) in [7, 11) is 1.37. The van der Waals surface area contributed by atoms with E-state index in [1.54, 1.807) is 18.2 Å². The van der Waals surface area contributed by atoms with Gasteiger partial charge in [0.05, 0.1) is 30.9 Å². The van der Waals surface area contributed by atoms with Crippen molar-refractivity contribution in [3.05, 3.63) is 69.2 Å². The Hall–Kier alpha value is -2.08. The number of carbonyl (C=O) groups is 2. The first-order chi connectivity index (χ1) is 15.5. The summed E-state index contributed by atoms with van der Waals surface area (Å²) >= 11 is 11.3. The topological polar surface area (TPSA) is 58.6 Å². The van der Waals surface area contributed by atoms with E-state index >= 15 is 0 Å². The highest BCUT2D eigenvalue weighted by molar-refractivity contribution is 6.34. The fourth-order valence-corrected chi connectivity index (χ4v) is 4.88. The predicted octanol–water partition coefficient (Wildman–Crippen LogP) is 6.42. The largest absolute Gasteiger partial charge is 0.465 e. The number of esters is 1. The van der Waals surface area contributed by atoms with Crippen LogP contribution in [0.25, 0.3) is 0 Å². The van der Waals surface area contributed by atoms with Gasteiger partial charge in [0.1, 0.15) is 0 Å². The van der Waals surface area contributed by atoms with Crippen LogP contribution in [0, 0.1) is 12.8 Å². The van der Waals surface area contributed by atoms with Crippen molar-refractivity contribution in [2.75, 3.05) is 13.7 Å². The third-order valence-electron chi connectivity index (χ3n) is 5.78. The van der Waals surface area contributed by atoms with Crippen molar-refractivity contribution < 1.29 is 14.3 Å². The van der Waals surface area contributed by atoms with Crippen LogP contribution in [0.3, 0.4) is 0 Å². The van der Waals surface area contributed by atoms with E-state index in [0.29, 0.717) is 28.1 Å². The molecule has 0 saturated carbocycles. The van der Waals surface area contributed by atoms with Crippen molar-refractivity contribution in [3.63, 3.8) is 0 Å². The zero-order chi connectivity index (χ0) is 24.8. The van der Waals surface area contributed by atoms with Gasteiger partial charge in [0, 0.05) is 10.0 Å². The van der Waals surface area contributed by atoms with Gasteiger partial charge < -0.3 is 9.64 Å². The van der Waals surface area contributed by atoms with Crippen LogP contribution in [0.2, 0.25) is 10.0 Å². The average Bonchev–Trinajstić information content (AvgIpc) is 3.01. The molecule has 1 heterocycles. The second kappa shape index (κ2) is 11.9. The minimum absolute atomic E-state index is 0.0193. The number of nitrogens with zero attached hydrogens (tertiary/aromatic N) is 1. The van der Waals surface area contributed by atoms with Crippen LogP contribution >= 0.6 is 23.2 Å². The van der Waals surface area contributed by atoms with E-state index < -0.39 is 0 Å². The summed E-state index contributed by atoms with van der Waals surface area (Å²) in [6.07, 6.45) is 2.09. The number of carbonyl (C=O) groups excluding carboxylic acids is 2. The SMILES string of the molecule is CCCC(C)C(c1ccc(C(=O)OC)cc1)N1C(=O)CNC1(C)C.Cc1cc(Cl)cc(Cl)c1. The van der Waals surface area contributed by atoms with Gasteiger partial charge in [-0.2, -0.15) is 0 Å². The minimum atomic E-state index is -0.384. The van der Waals surface area contributed by atoms with Gasteiger partial charge in [0.15, 0.2) is 0 Å². The molecule has 0 aromatic heterocycles. The molecule has 1 saturated heterocycles. The molecule has 2 aromatic rings. The van der Waals surface area contributed by atoms with E-state index in [1.165, 1.54) is 7.11 Å². The highest BCUT2D eigenvalue weighted by atomic mass is 35.5. The molecule has 2 atom stereocenters. The molecule has 1 aliphatic heterocycles. The fraction of sp³-hybridized carbons (Fsp3) is 0.462. The first-order valence-electron chi connectivity index (χ1n) is 11.2. The number of rotatable bonds is 6. The van der Waals surface area contributed by atoms with E-state index in [4.69, 9.17) is 27.9 Å². The molecule has 3 rings (SSSR count). The van der Waals surface area contributed by atoms with Gasteiger partial charge in [-0.3, -0.25) is 10.1 Å². The molecule has 180 valence electrons. The summed E-state index contributed by atoms with van der Waals surface area (Å²) in [4.78, 5) is 26.1. The van der Waals surface area contributed by atoms with Crippen LogP contribution < -0.4 is 5.32 Å². The van der Waals surface area contributed by atoms with E-state index in [-0.39, 0.29) is 23.6 Å². The maximum absolute atomic E-state index is 12.5. The first-order valence-corrected chi connectivity index (χ1v) is 11.9. The predicted molar refractivity (Wildman–Crippen MR) is 135 cm³/mol. The summed E-state index contributed by atoms with van der Waals surface area (Å²) in [6, 6.07) is 12.8. The number of amides is 1. The lowest BCUT2D eigenvalue weighted by atomic mass is 9.88. The molecular weight excluding hydrogens is 459 g/mol. The Balaban J connectivity index is 0.000000357. The Labute approximate surface area is 207 Å². The second-order valence-corrected chi connectivity index (χ2v) is 9.82. The summed E-state index contributed by atoms with van der Waals surface area (Å²) in [5.41, 5.74) is 2.28. The number of hydrogen-bond donors (Lipinski definition) is 1. The van der Waals surface area contributed by atoms with E-state index in [2.05, 4.69) is 19.2 Å². The lowest BCUT2D eigenvalue weighted by Crippen LogP contribution is -2.50. The van der Waals surface area contributed by atoms with E-state index in [9.17, 15) is 9.59 Å². The van der Waals surface area contributed by atoms with Crippen LogP contribution in [-0.4, -0.2) is 36.1 Å². The van der Waals surface area contributed by atoms with Crippen molar-refractivity contribution in [1.29, 1.82) is 0 Å². The van der Waals surface area contributed by atoms with Gasteiger partial charge in [-0.05, 0) is 74.6 Å². The smallest absolute Gasteiger partial charge is 0.337 e. The third kappa shape index (κ3) is 7.20. The fourth-order valence-electron chi connectivity index (χ4n) is 4.25. The lowest BCUT2D eigenvalue weighted by molar-refractivity contribution is -0.134. The summed E-state index contributed by atoms with van der Waals surface area (Å²) in [5, 5.41) is 4.67. The summed E-state index contributed by atoms with van der Waals surface area (Å²) in [5.74, 6) is 0.0889. The van der Waals surface area contributed by atoms with Gasteiger partial charge in [0.2, 0.25) is 5.91 Å². The van der Waals surface area contributed by atoms with Gasteiger partial charge in [-0.25, -0.2) is 4.79 Å². The van der Waals surface area contributed by atoms with Gasteiger partial charge in [0.25, 0.3) is 0 Å². The molecule has 7 heteroatoms. The normalized spacial score (nSPS) is 16.6. The zero-order valence-corrected chi connectivity index (χ0v) is 21.8. The molecule has 2 unspecified atom stereocenters. The van der Waals surface area contributed by atoms with E-state index in [1.807, 2.05) is 49.9 Å². The standard InChI is InChI=1S/C19H28N2O3.C7H6Cl2/c1-6-7-13(2)17(21-16(22)12-20-19(21,3)4)14-8-10-15(11-9-14)18(23)24-5;1-5-2-6(8)4-7(9)3-5/h8-11,13,17,20H,6-7,12H2,1-5H3;2-4H,1H3. The average molecular weight is 493 g/mol. The molecule has 33 heavy (non-hydrogen) atoms. The maximum Gasteiger partial charge on any atom is 0.337 e. The number of nitrogens with one attached hydrogen (secondary N) is 1. The van der Waals surface area contributed by atoms with Crippen molar-refractivity contribution in [1.82, 2.24) is 10.2 Å². The second-order valence-electron chi connectivity index (χ2n) is 8.95. The Morgan fingerprint density at radius 3 is 2.15 bits per heavy atom. The van der Waals surface area contributed by atoms with E-state index in [0.717, 1.165) is 24.0 Å². The van der Waals surface area contributed by atoms with Crippen molar-refractivity contribution in [3.8, 4) is 0 Å². The molecule has 1 fully saturated rings. The van der Waals surface area contributed by atoms with Gasteiger partial charge in [-0.15, -0.1) is 0 Å². The number of hydrogen-bond acceptors (Lipinski definition) is 4. The Morgan fingerprint density at radius 1 is 1.15 bits per heavy atom. The van der Waals surface area contributed by atoms with Gasteiger partial charge >= 0.3 is 5.97 Å². The van der Waals surface area contributed by atoms with Crippen molar-refractivity contribution >= 4 is 35.1 Å². The molecule has 0 radical (unpaired) electrons. The molecule has 0 spiro atoms. The van der Waals surface area contributed by atoms with Gasteiger partial charge in [-0.1, -0.05) is 55.6 Å². The summed E-state index contributed by atoms with van der Waals surface area (Å²) < 4.78 is 4.76. The monoisotopic (exact) mass is 492 g/mol. The number of methoxy groups -OCH3 is 1. The number of ether oxygens (including phenoxy) is 1. The van der Waals surface area contributed by atoms with Crippen LogP contribution in [0.1, 0.15) is 68.1 Å². The van der Waals surface area contributed by atoms with Crippen LogP contribution in [-0.2, 0) is 9.53 Å². The van der Waals surface area contributed by atoms with Crippen molar-refractivity contribution in [2.24, 2.45) is 5.92 Å². The van der Waals surface area contributed by atoms with Crippen molar-refractivity contribution in [2.45, 2.75) is 59.2 Å². The first kappa shape index (κ1) is 27.2. The number of benzene rings is 2. The number of halogens is 2. The quantitative estimate of drug-likeness (QED) is 0.472. The van der Waals surface area contributed by atoms with Crippen LogP contribution in [0.15, 0.2) is 42.5 Å². The third-order valence-corrected chi connectivity index (χ3v) is 6.22. The maximum atomic E-state index is 12.5. The minimum Gasteiger partial charge on any atom is -0.465 e. The Kier molecular flexibility index (Phi) is 9.77. The molecule has 1 amide bonds. The lowest BCUT2D eigenvalue weighted by Gasteiger charge is -2.41. The molecular formula is C26H34Cl2N2O3. The highest BCUT2D eigenvalue weighted by Gasteiger charge is 2.43. The molecule has 0 aliphatic carbocycles. The Morgan fingerprint density at radius 2 is 1.73 bits per heavy atom. The summed E-state index contributed by atoms with van der Waals surface area (Å²) in [6.45, 7) is 10.7.